The number of nitrogens with one attached hydrogen (secondary N) is 3. The summed E-state index contributed by atoms with van der Waals surface area (Å²) in [4.78, 5) is 51.5. The topological polar surface area (TPSA) is 136 Å². The van der Waals surface area contributed by atoms with Gasteiger partial charge in [0, 0.05) is 26.6 Å². The average molecular weight is 705 g/mol. The Kier molecular flexibility index (Phi) is 8.54. The van der Waals surface area contributed by atoms with E-state index in [0.717, 1.165) is 24.8 Å². The summed E-state index contributed by atoms with van der Waals surface area (Å²) in [6, 6.07) is 10.8. The van der Waals surface area contributed by atoms with Gasteiger partial charge < -0.3 is 14.6 Å². The number of carbonyl (C=O) groups excluding carboxylic acids is 2. The van der Waals surface area contributed by atoms with E-state index in [0.29, 0.717) is 19.7 Å². The number of hydrogen-bond donors (Lipinski definition) is 3. The molecule has 1 aliphatic rings. The highest BCUT2D eigenvalue weighted by molar-refractivity contribution is 14.1. The SMILES string of the molecule is CCOC(=O)NC(=O)NSc1cccc(-c2nn(C3CC3)c(=O)c3c(Nc4ccc(I)cc4F)c(C)c(=O)n(C)c23)c1. The van der Waals surface area contributed by atoms with Crippen LogP contribution in [0.1, 0.15) is 31.4 Å². The van der Waals surface area contributed by atoms with Crippen molar-refractivity contribution in [1.82, 2.24) is 24.4 Å². The monoisotopic (exact) mass is 704 g/mol. The Bertz CT molecular complexity index is 1860. The molecule has 1 saturated carbocycles. The van der Waals surface area contributed by atoms with Crippen molar-refractivity contribution in [2.75, 3.05) is 11.9 Å². The number of fused-ring (bicyclic) bond motifs is 1. The van der Waals surface area contributed by atoms with Gasteiger partial charge in [-0.1, -0.05) is 12.1 Å². The number of alkyl carbamates (subject to hydrolysis) is 1. The van der Waals surface area contributed by atoms with Gasteiger partial charge in [-0.2, -0.15) is 5.10 Å². The molecule has 2 heterocycles. The third-order valence-electron chi connectivity index (χ3n) is 6.62. The number of aryl methyl sites for hydroxylation is 1. The molecule has 0 bridgehead atoms. The number of pyridine rings is 1. The van der Waals surface area contributed by atoms with Crippen LogP contribution in [0.3, 0.4) is 0 Å². The summed E-state index contributed by atoms with van der Waals surface area (Å²) in [5, 5.41) is 10.0. The first-order valence-corrected chi connectivity index (χ1v) is 14.9. The molecule has 1 aliphatic carbocycles. The Labute approximate surface area is 257 Å². The molecule has 5 rings (SSSR count). The van der Waals surface area contributed by atoms with Gasteiger partial charge in [0.1, 0.15) is 11.5 Å². The van der Waals surface area contributed by atoms with E-state index in [1.165, 1.54) is 15.3 Å². The number of aromatic nitrogens is 3. The average Bonchev–Trinajstić information content (AvgIpc) is 3.80. The molecule has 42 heavy (non-hydrogen) atoms. The van der Waals surface area contributed by atoms with Gasteiger partial charge in [0.2, 0.25) is 0 Å². The normalized spacial score (nSPS) is 12.7. The van der Waals surface area contributed by atoms with E-state index in [1.807, 2.05) is 22.6 Å². The molecule has 0 radical (unpaired) electrons. The van der Waals surface area contributed by atoms with Crippen LogP contribution in [0.15, 0.2) is 56.9 Å². The summed E-state index contributed by atoms with van der Waals surface area (Å²) in [5.74, 6) is -0.517. The van der Waals surface area contributed by atoms with Gasteiger partial charge in [0.05, 0.1) is 34.9 Å². The number of halogens is 2. The summed E-state index contributed by atoms with van der Waals surface area (Å²) in [6.07, 6.45) is 0.701. The Morgan fingerprint density at radius 3 is 2.62 bits per heavy atom. The molecule has 3 amide bonds. The third-order valence-corrected chi connectivity index (χ3v) is 8.07. The summed E-state index contributed by atoms with van der Waals surface area (Å²) < 4.78 is 25.6. The van der Waals surface area contributed by atoms with E-state index in [9.17, 15) is 23.6 Å². The van der Waals surface area contributed by atoms with Crippen molar-refractivity contribution in [2.24, 2.45) is 7.05 Å². The molecule has 2 aromatic heterocycles. The number of rotatable bonds is 7. The lowest BCUT2D eigenvalue weighted by Gasteiger charge is -2.19. The summed E-state index contributed by atoms with van der Waals surface area (Å²) in [7, 11) is 1.57. The van der Waals surface area contributed by atoms with Gasteiger partial charge in [-0.15, -0.1) is 0 Å². The first-order valence-electron chi connectivity index (χ1n) is 13.0. The van der Waals surface area contributed by atoms with Crippen LogP contribution in [0.5, 0.6) is 0 Å². The number of amides is 3. The van der Waals surface area contributed by atoms with Crippen LogP contribution in [0.25, 0.3) is 22.2 Å². The number of imide groups is 1. The number of hydrogen-bond acceptors (Lipinski definition) is 8. The zero-order valence-electron chi connectivity index (χ0n) is 22.8. The molecule has 0 atom stereocenters. The van der Waals surface area contributed by atoms with Crippen LogP contribution in [0.2, 0.25) is 0 Å². The lowest BCUT2D eigenvalue weighted by Crippen LogP contribution is -2.36. The van der Waals surface area contributed by atoms with Gasteiger partial charge in [0.15, 0.2) is 0 Å². The van der Waals surface area contributed by atoms with E-state index in [1.54, 1.807) is 57.3 Å². The number of carbonyl (C=O) groups is 2. The number of anilines is 2. The Hall–Kier alpha value is -3.92. The Morgan fingerprint density at radius 1 is 1.17 bits per heavy atom. The molecule has 0 spiro atoms. The fourth-order valence-corrected chi connectivity index (χ4v) is 5.52. The second-order valence-corrected chi connectivity index (χ2v) is 11.7. The maximum Gasteiger partial charge on any atom is 0.415 e. The maximum absolute atomic E-state index is 14.9. The van der Waals surface area contributed by atoms with Crippen molar-refractivity contribution in [2.45, 2.75) is 37.6 Å². The largest absolute Gasteiger partial charge is 0.450 e. The molecule has 4 aromatic rings. The standard InChI is InChI=1S/C28H26FIN6O5S/c1-4-41-28(40)32-27(39)34-42-18-7-5-6-15(12-18)23-24-21(26(38)36(33-23)17-9-10-17)22(14(2)25(37)35(24)3)31-20-11-8-16(30)13-19(20)29/h5-8,11-13,17,31H,4,9-10H2,1-3H3,(H2,32,34,39,40). The van der Waals surface area contributed by atoms with Crippen LogP contribution < -0.4 is 26.5 Å². The zero-order chi connectivity index (χ0) is 30.1. The number of benzene rings is 2. The highest BCUT2D eigenvalue weighted by Crippen LogP contribution is 2.37. The smallest absolute Gasteiger partial charge is 0.415 e. The van der Waals surface area contributed by atoms with Crippen molar-refractivity contribution in [3.63, 3.8) is 0 Å². The van der Waals surface area contributed by atoms with E-state index in [4.69, 9.17) is 9.84 Å². The zero-order valence-corrected chi connectivity index (χ0v) is 25.8. The molecule has 14 heteroatoms. The predicted octanol–water partition coefficient (Wildman–Crippen LogP) is 5.36. The fourth-order valence-electron chi connectivity index (χ4n) is 4.47. The summed E-state index contributed by atoms with van der Waals surface area (Å²) in [5.41, 5.74) is 1.11. The molecule has 11 nitrogen and oxygen atoms in total. The molecule has 0 saturated heterocycles. The van der Waals surface area contributed by atoms with Crippen molar-refractivity contribution >= 4 is 68.9 Å². The van der Waals surface area contributed by atoms with E-state index >= 15 is 0 Å². The molecule has 3 N–H and O–H groups in total. The highest BCUT2D eigenvalue weighted by Gasteiger charge is 2.30. The van der Waals surface area contributed by atoms with Crippen LogP contribution >= 0.6 is 34.5 Å². The third kappa shape index (κ3) is 5.99. The van der Waals surface area contributed by atoms with Crippen molar-refractivity contribution < 1.29 is 18.7 Å². The van der Waals surface area contributed by atoms with Crippen molar-refractivity contribution in [3.05, 3.63) is 78.1 Å². The minimum absolute atomic E-state index is 0.0909. The van der Waals surface area contributed by atoms with Crippen LogP contribution in [-0.2, 0) is 11.8 Å². The minimum Gasteiger partial charge on any atom is -0.450 e. The van der Waals surface area contributed by atoms with Gasteiger partial charge >= 0.3 is 12.1 Å². The van der Waals surface area contributed by atoms with Crippen LogP contribution in [0.4, 0.5) is 25.4 Å². The summed E-state index contributed by atoms with van der Waals surface area (Å²) >= 11 is 2.96. The second kappa shape index (κ2) is 12.1. The molecule has 218 valence electrons. The second-order valence-electron chi connectivity index (χ2n) is 9.57. The Morgan fingerprint density at radius 2 is 1.93 bits per heavy atom. The molecule has 2 aromatic carbocycles. The number of nitrogens with zero attached hydrogens (tertiary/aromatic N) is 3. The minimum atomic E-state index is -0.868. The Balaban J connectivity index is 1.63. The molecular formula is C28H26FIN6O5S. The lowest BCUT2D eigenvalue weighted by molar-refractivity contribution is 0.153. The molecule has 1 fully saturated rings. The number of ether oxygens (including phenoxy) is 1. The van der Waals surface area contributed by atoms with E-state index < -0.39 is 17.9 Å². The first-order chi connectivity index (χ1) is 20.1. The van der Waals surface area contributed by atoms with Crippen molar-refractivity contribution in [1.29, 1.82) is 0 Å². The van der Waals surface area contributed by atoms with E-state index in [2.05, 4.69) is 15.4 Å². The molecule has 0 unspecified atom stereocenters. The van der Waals surface area contributed by atoms with Crippen molar-refractivity contribution in [3.8, 4) is 11.3 Å². The van der Waals surface area contributed by atoms with E-state index in [-0.39, 0.29) is 51.6 Å². The molecular weight excluding hydrogens is 678 g/mol. The lowest BCUT2D eigenvalue weighted by atomic mass is 10.1. The van der Waals surface area contributed by atoms with Gasteiger partial charge in [-0.05, 0) is 91.6 Å². The van der Waals surface area contributed by atoms with Crippen LogP contribution in [-0.4, -0.2) is 33.1 Å². The van der Waals surface area contributed by atoms with Crippen LogP contribution in [0, 0.1) is 16.3 Å². The number of urea groups is 1. The summed E-state index contributed by atoms with van der Waals surface area (Å²) in [6.45, 7) is 3.34. The van der Waals surface area contributed by atoms with Gasteiger partial charge in [-0.25, -0.2) is 24.0 Å². The quantitative estimate of drug-likeness (QED) is 0.173. The fraction of sp³-hybridized carbons (Fsp3) is 0.250. The van der Waals surface area contributed by atoms with Gasteiger partial charge in [-0.3, -0.25) is 14.3 Å². The highest BCUT2D eigenvalue weighted by atomic mass is 127. The van der Waals surface area contributed by atoms with Gasteiger partial charge in [0.25, 0.3) is 11.1 Å². The predicted molar refractivity (Wildman–Crippen MR) is 167 cm³/mol. The molecule has 0 aliphatic heterocycles. The maximum atomic E-state index is 14.9. The first kappa shape index (κ1) is 29.6.